The van der Waals surface area contributed by atoms with Crippen LogP contribution in [0.2, 0.25) is 0 Å². The fraction of sp³-hybridized carbons (Fsp3) is 0.111. The Labute approximate surface area is 99.9 Å². The van der Waals surface area contributed by atoms with Crippen LogP contribution in [-0.4, -0.2) is 12.2 Å². The minimum absolute atomic E-state index is 0.215. The molecule has 1 amide bonds. The van der Waals surface area contributed by atoms with Crippen LogP contribution in [0.1, 0.15) is 5.56 Å². The molecule has 0 atom stereocenters. The van der Waals surface area contributed by atoms with Crippen molar-refractivity contribution in [1.82, 2.24) is 0 Å². The van der Waals surface area contributed by atoms with Crippen molar-refractivity contribution in [3.63, 3.8) is 0 Å². The van der Waals surface area contributed by atoms with E-state index in [1.165, 1.54) is 6.07 Å². The lowest BCUT2D eigenvalue weighted by molar-refractivity contribution is 0.180. The van der Waals surface area contributed by atoms with Gasteiger partial charge in [0.1, 0.15) is 6.07 Å². The molecular weight excluding hydrogens is 283 g/mol. The predicted molar refractivity (Wildman–Crippen MR) is 59.7 cm³/mol. The van der Waals surface area contributed by atoms with Crippen LogP contribution in [0.15, 0.2) is 22.7 Å². The van der Waals surface area contributed by atoms with Crippen molar-refractivity contribution in [3.8, 4) is 6.07 Å². The van der Waals surface area contributed by atoms with Crippen LogP contribution in [0, 0.1) is 11.3 Å². The van der Waals surface area contributed by atoms with Gasteiger partial charge in [-0.15, -0.1) is 0 Å². The van der Waals surface area contributed by atoms with E-state index in [1.807, 2.05) is 6.07 Å². The normalized spacial score (nSPS) is 9.13. The molecule has 0 aromatic heterocycles. The molecule has 0 heterocycles. The summed E-state index contributed by atoms with van der Waals surface area (Å²) < 4.78 is 5.14. The van der Waals surface area contributed by atoms with E-state index in [-0.39, 0.29) is 6.07 Å². The van der Waals surface area contributed by atoms with Crippen molar-refractivity contribution in [2.75, 3.05) is 11.4 Å². The number of nitrogens with one attached hydrogen (secondary N) is 1. The Morgan fingerprint density at radius 1 is 1.67 bits per heavy atom. The van der Waals surface area contributed by atoms with Gasteiger partial charge in [-0.1, -0.05) is 11.6 Å². The Morgan fingerprint density at radius 2 is 2.40 bits per heavy atom. The molecule has 0 aliphatic rings. The maximum atomic E-state index is 11.0. The Balaban J connectivity index is 2.80. The van der Waals surface area contributed by atoms with Crippen molar-refractivity contribution in [2.24, 2.45) is 0 Å². The molecule has 1 rings (SSSR count). The molecule has 0 unspecified atom stereocenters. The smallest absolute Gasteiger partial charge is 0.412 e. The Kier molecular flexibility index (Phi) is 4.40. The van der Waals surface area contributed by atoms with Crippen molar-refractivity contribution in [3.05, 3.63) is 28.2 Å². The number of alkyl halides is 1. The number of ether oxygens (including phenoxy) is 1. The fourth-order valence-corrected chi connectivity index (χ4v) is 1.33. The molecule has 0 aliphatic carbocycles. The molecule has 0 aliphatic heterocycles. The van der Waals surface area contributed by atoms with Gasteiger partial charge in [-0.25, -0.2) is 4.79 Å². The van der Waals surface area contributed by atoms with Crippen LogP contribution in [0.4, 0.5) is 10.5 Å². The number of nitriles is 1. The second-order valence-electron chi connectivity index (χ2n) is 2.47. The molecule has 1 aromatic carbocycles. The zero-order chi connectivity index (χ0) is 11.3. The number of carbonyl (C=O) groups is 1. The molecule has 1 aromatic rings. The van der Waals surface area contributed by atoms with E-state index in [0.717, 1.165) is 0 Å². The predicted octanol–water partition coefficient (Wildman–Crippen LogP) is 3.07. The molecule has 6 heteroatoms. The third kappa shape index (κ3) is 3.42. The third-order valence-corrected chi connectivity index (χ3v) is 2.32. The summed E-state index contributed by atoms with van der Waals surface area (Å²) in [5.74, 6) is 0. The van der Waals surface area contributed by atoms with Crippen LogP contribution in [0.5, 0.6) is 0 Å². The number of carbonyl (C=O) groups excluding carboxylic acids is 1. The van der Waals surface area contributed by atoms with E-state index >= 15 is 0 Å². The van der Waals surface area contributed by atoms with E-state index < -0.39 is 6.09 Å². The van der Waals surface area contributed by atoms with E-state index in [9.17, 15) is 4.79 Å². The average Bonchev–Trinajstić information content (AvgIpc) is 2.21. The molecule has 0 bridgehead atoms. The highest BCUT2D eigenvalue weighted by molar-refractivity contribution is 9.10. The van der Waals surface area contributed by atoms with Crippen LogP contribution in [0.25, 0.3) is 0 Å². The minimum atomic E-state index is -0.656. The maximum absolute atomic E-state index is 11.0. The van der Waals surface area contributed by atoms with Gasteiger partial charge in [-0.3, -0.25) is 5.32 Å². The lowest BCUT2D eigenvalue weighted by Crippen LogP contribution is -2.12. The third-order valence-electron chi connectivity index (χ3n) is 1.52. The van der Waals surface area contributed by atoms with Gasteiger partial charge in [-0.05, 0) is 34.1 Å². The minimum Gasteiger partial charge on any atom is -0.433 e. The highest BCUT2D eigenvalue weighted by atomic mass is 79.9. The molecule has 0 radical (unpaired) electrons. The number of rotatable bonds is 2. The van der Waals surface area contributed by atoms with Crippen molar-refractivity contribution in [2.45, 2.75) is 0 Å². The van der Waals surface area contributed by atoms with Gasteiger partial charge in [0, 0.05) is 10.2 Å². The summed E-state index contributed by atoms with van der Waals surface area (Å²) in [5, 5.41) is 11.2. The van der Waals surface area contributed by atoms with E-state index in [4.69, 9.17) is 16.9 Å². The topological polar surface area (TPSA) is 62.1 Å². The Bertz CT molecular complexity index is 417. The van der Waals surface area contributed by atoms with Crippen LogP contribution in [-0.2, 0) is 4.74 Å². The summed E-state index contributed by atoms with van der Waals surface area (Å²) in [6.07, 6.45) is -0.656. The first kappa shape index (κ1) is 11.8. The lowest BCUT2D eigenvalue weighted by Gasteiger charge is -2.05. The molecule has 0 saturated carbocycles. The first-order valence-electron chi connectivity index (χ1n) is 3.86. The van der Waals surface area contributed by atoms with E-state index in [1.54, 1.807) is 12.1 Å². The van der Waals surface area contributed by atoms with Gasteiger partial charge in [0.25, 0.3) is 0 Å². The first-order chi connectivity index (χ1) is 7.17. The molecular formula is C9H6BrClN2O2. The van der Waals surface area contributed by atoms with Gasteiger partial charge < -0.3 is 4.74 Å². The quantitative estimate of drug-likeness (QED) is 0.851. The van der Waals surface area contributed by atoms with Gasteiger partial charge >= 0.3 is 6.09 Å². The van der Waals surface area contributed by atoms with Gasteiger partial charge in [0.05, 0.1) is 5.56 Å². The van der Waals surface area contributed by atoms with Crippen molar-refractivity contribution < 1.29 is 9.53 Å². The number of nitrogens with zero attached hydrogens (tertiary/aromatic N) is 1. The van der Waals surface area contributed by atoms with Gasteiger partial charge in [0.2, 0.25) is 0 Å². The number of hydrogen-bond acceptors (Lipinski definition) is 3. The van der Waals surface area contributed by atoms with E-state index in [2.05, 4.69) is 26.0 Å². The standard InChI is InChI=1S/C9H6BrClN2O2/c10-8-2-1-7(3-6(8)4-12)13-9(14)15-5-11/h1-3H,5H2,(H,13,14). The molecule has 0 saturated heterocycles. The number of benzene rings is 1. The summed E-state index contributed by atoms with van der Waals surface area (Å²) in [5.41, 5.74) is 0.906. The van der Waals surface area contributed by atoms with Crippen molar-refractivity contribution in [1.29, 1.82) is 5.26 Å². The summed E-state index contributed by atoms with van der Waals surface area (Å²) in [4.78, 5) is 11.0. The van der Waals surface area contributed by atoms with Crippen LogP contribution >= 0.6 is 27.5 Å². The highest BCUT2D eigenvalue weighted by Gasteiger charge is 2.04. The Hall–Kier alpha value is -1.25. The zero-order valence-corrected chi connectivity index (χ0v) is 9.80. The number of anilines is 1. The summed E-state index contributed by atoms with van der Waals surface area (Å²) >= 11 is 8.40. The maximum Gasteiger partial charge on any atom is 0.412 e. The number of halogens is 2. The van der Waals surface area contributed by atoms with Gasteiger partial charge in [0.15, 0.2) is 6.07 Å². The molecule has 0 fully saturated rings. The molecule has 15 heavy (non-hydrogen) atoms. The van der Waals surface area contributed by atoms with E-state index in [0.29, 0.717) is 15.7 Å². The summed E-state index contributed by atoms with van der Waals surface area (Å²) in [6.45, 7) is 0. The first-order valence-corrected chi connectivity index (χ1v) is 5.19. The highest BCUT2D eigenvalue weighted by Crippen LogP contribution is 2.20. The number of amides is 1. The Morgan fingerprint density at radius 3 is 3.00 bits per heavy atom. The largest absolute Gasteiger partial charge is 0.433 e. The number of hydrogen-bond donors (Lipinski definition) is 1. The second-order valence-corrected chi connectivity index (χ2v) is 3.54. The molecule has 0 spiro atoms. The SMILES string of the molecule is N#Cc1cc(NC(=O)OCCl)ccc1Br. The van der Waals surface area contributed by atoms with Crippen LogP contribution < -0.4 is 5.32 Å². The average molecular weight is 290 g/mol. The van der Waals surface area contributed by atoms with Crippen molar-refractivity contribution >= 4 is 39.3 Å². The monoisotopic (exact) mass is 288 g/mol. The molecule has 1 N–H and O–H groups in total. The second kappa shape index (κ2) is 5.59. The molecule has 78 valence electrons. The molecule has 4 nitrogen and oxygen atoms in total. The zero-order valence-electron chi connectivity index (χ0n) is 7.46. The van der Waals surface area contributed by atoms with Crippen LogP contribution in [0.3, 0.4) is 0 Å². The lowest BCUT2D eigenvalue weighted by atomic mass is 10.2. The summed E-state index contributed by atoms with van der Waals surface area (Å²) in [7, 11) is 0. The fourth-order valence-electron chi connectivity index (χ4n) is 0.892. The summed E-state index contributed by atoms with van der Waals surface area (Å²) in [6, 6.07) is 6.59. The van der Waals surface area contributed by atoms with Gasteiger partial charge in [-0.2, -0.15) is 5.26 Å².